The molecule has 1 aliphatic rings. The molecule has 1 aromatic carbocycles. The molecule has 16 heavy (non-hydrogen) atoms. The molecule has 2 rings (SSSR count). The summed E-state index contributed by atoms with van der Waals surface area (Å²) >= 11 is 0. The van der Waals surface area contributed by atoms with Crippen molar-refractivity contribution < 1.29 is 0 Å². The number of benzene rings is 1. The first-order chi connectivity index (χ1) is 7.07. The smallest absolute Gasteiger partial charge is 0.0316 e. The zero-order valence-corrected chi connectivity index (χ0v) is 11.0. The van der Waals surface area contributed by atoms with Gasteiger partial charge in [-0.15, -0.1) is 12.4 Å². The van der Waals surface area contributed by atoms with Crippen LogP contribution in [0.25, 0.3) is 0 Å². The van der Waals surface area contributed by atoms with E-state index in [1.54, 1.807) is 0 Å². The number of halogens is 1. The van der Waals surface area contributed by atoms with Gasteiger partial charge in [0.15, 0.2) is 0 Å². The lowest BCUT2D eigenvalue weighted by molar-refractivity contribution is 0.219. The molecule has 1 atom stereocenters. The quantitative estimate of drug-likeness (QED) is 0.724. The second kappa shape index (κ2) is 5.09. The maximum absolute atomic E-state index is 5.83. The third kappa shape index (κ3) is 3.15. The van der Waals surface area contributed by atoms with E-state index in [-0.39, 0.29) is 12.4 Å². The zero-order valence-electron chi connectivity index (χ0n) is 10.2. The number of rotatable bonds is 1. The van der Waals surface area contributed by atoms with Gasteiger partial charge in [0, 0.05) is 5.69 Å². The number of hydrogen-bond acceptors (Lipinski definition) is 1. The molecular formula is C14H22ClN. The van der Waals surface area contributed by atoms with Crippen molar-refractivity contribution >= 4 is 18.1 Å². The highest BCUT2D eigenvalue weighted by Crippen LogP contribution is 2.43. The van der Waals surface area contributed by atoms with Crippen molar-refractivity contribution in [2.24, 2.45) is 5.41 Å². The number of hydrogen-bond donors (Lipinski definition) is 1. The Bertz CT molecular complexity index is 346. The number of anilines is 1. The minimum atomic E-state index is 0. The third-order valence-corrected chi connectivity index (χ3v) is 3.59. The normalized spacial score (nSPS) is 23.5. The van der Waals surface area contributed by atoms with Crippen LogP contribution >= 0.6 is 12.4 Å². The number of nitrogens with two attached hydrogens (primary N) is 1. The lowest BCUT2D eigenvalue weighted by Crippen LogP contribution is -2.21. The predicted molar refractivity (Wildman–Crippen MR) is 73.1 cm³/mol. The van der Waals surface area contributed by atoms with Crippen LogP contribution in [-0.2, 0) is 0 Å². The molecule has 1 fully saturated rings. The van der Waals surface area contributed by atoms with Gasteiger partial charge in [-0.3, -0.25) is 0 Å². The van der Waals surface area contributed by atoms with Gasteiger partial charge >= 0.3 is 0 Å². The van der Waals surface area contributed by atoms with Crippen molar-refractivity contribution in [3.05, 3.63) is 29.8 Å². The van der Waals surface area contributed by atoms with Crippen molar-refractivity contribution in [3.8, 4) is 0 Å². The van der Waals surface area contributed by atoms with E-state index < -0.39 is 0 Å². The highest BCUT2D eigenvalue weighted by atomic mass is 35.5. The molecule has 1 nitrogen and oxygen atoms in total. The molecule has 0 aliphatic heterocycles. The Kier molecular flexibility index (Phi) is 4.26. The molecule has 0 amide bonds. The first-order valence-corrected chi connectivity index (χ1v) is 5.92. The molecular weight excluding hydrogens is 218 g/mol. The molecule has 2 heteroatoms. The average Bonchev–Trinajstić information content (AvgIpc) is 2.16. The summed E-state index contributed by atoms with van der Waals surface area (Å²) < 4.78 is 0. The summed E-state index contributed by atoms with van der Waals surface area (Å²) in [6, 6.07) is 8.41. The topological polar surface area (TPSA) is 26.0 Å². The molecule has 0 spiro atoms. The SMILES string of the molecule is CC1(C)CCCC(c2cccc(N)c2)C1.Cl. The van der Waals surface area contributed by atoms with E-state index in [4.69, 9.17) is 5.73 Å². The van der Waals surface area contributed by atoms with Crippen LogP contribution in [-0.4, -0.2) is 0 Å². The summed E-state index contributed by atoms with van der Waals surface area (Å²) in [6.45, 7) is 4.76. The minimum Gasteiger partial charge on any atom is -0.399 e. The Labute approximate surface area is 105 Å². The summed E-state index contributed by atoms with van der Waals surface area (Å²) in [7, 11) is 0. The molecule has 1 saturated carbocycles. The van der Waals surface area contributed by atoms with Gasteiger partial charge in [0.1, 0.15) is 0 Å². The second-order valence-corrected chi connectivity index (χ2v) is 5.63. The van der Waals surface area contributed by atoms with E-state index in [1.807, 2.05) is 6.07 Å². The van der Waals surface area contributed by atoms with Crippen LogP contribution in [0.1, 0.15) is 51.0 Å². The van der Waals surface area contributed by atoms with Gasteiger partial charge in [-0.05, 0) is 48.3 Å². The lowest BCUT2D eigenvalue weighted by Gasteiger charge is -2.35. The van der Waals surface area contributed by atoms with E-state index in [1.165, 1.54) is 31.2 Å². The van der Waals surface area contributed by atoms with Crippen LogP contribution in [0.3, 0.4) is 0 Å². The fraction of sp³-hybridized carbons (Fsp3) is 0.571. The predicted octanol–water partition coefficient (Wildman–Crippen LogP) is 4.37. The Morgan fingerprint density at radius 1 is 1.31 bits per heavy atom. The van der Waals surface area contributed by atoms with Crippen LogP contribution in [0.2, 0.25) is 0 Å². The maximum atomic E-state index is 5.83. The lowest BCUT2D eigenvalue weighted by atomic mass is 9.70. The van der Waals surface area contributed by atoms with Gasteiger partial charge in [0.05, 0.1) is 0 Å². The highest BCUT2D eigenvalue weighted by molar-refractivity contribution is 5.85. The standard InChI is InChI=1S/C14H21N.ClH/c1-14(2)8-4-6-12(10-14)11-5-3-7-13(15)9-11;/h3,5,7,9,12H,4,6,8,10,15H2,1-2H3;1H. The zero-order chi connectivity index (χ0) is 10.9. The van der Waals surface area contributed by atoms with Gasteiger partial charge < -0.3 is 5.73 Å². The van der Waals surface area contributed by atoms with Crippen LogP contribution < -0.4 is 5.73 Å². The van der Waals surface area contributed by atoms with E-state index >= 15 is 0 Å². The first-order valence-electron chi connectivity index (χ1n) is 5.92. The molecule has 1 aliphatic carbocycles. The van der Waals surface area contributed by atoms with Gasteiger partial charge in [-0.25, -0.2) is 0 Å². The van der Waals surface area contributed by atoms with E-state index in [0.29, 0.717) is 5.41 Å². The summed E-state index contributed by atoms with van der Waals surface area (Å²) in [5.41, 5.74) is 8.67. The largest absolute Gasteiger partial charge is 0.399 e. The maximum Gasteiger partial charge on any atom is 0.0316 e. The third-order valence-electron chi connectivity index (χ3n) is 3.59. The Morgan fingerprint density at radius 2 is 2.06 bits per heavy atom. The van der Waals surface area contributed by atoms with E-state index in [0.717, 1.165) is 11.6 Å². The van der Waals surface area contributed by atoms with Gasteiger partial charge in [-0.1, -0.05) is 32.4 Å². The summed E-state index contributed by atoms with van der Waals surface area (Å²) in [5, 5.41) is 0. The second-order valence-electron chi connectivity index (χ2n) is 5.63. The first kappa shape index (κ1) is 13.4. The molecule has 0 aromatic heterocycles. The van der Waals surface area contributed by atoms with Crippen molar-refractivity contribution in [1.82, 2.24) is 0 Å². The number of nitrogen functional groups attached to an aromatic ring is 1. The Hall–Kier alpha value is -0.690. The molecule has 0 bridgehead atoms. The van der Waals surface area contributed by atoms with Gasteiger partial charge in [0.2, 0.25) is 0 Å². The van der Waals surface area contributed by atoms with Crippen molar-refractivity contribution in [1.29, 1.82) is 0 Å². The molecule has 90 valence electrons. The fourth-order valence-corrected chi connectivity index (χ4v) is 2.80. The van der Waals surface area contributed by atoms with Crippen molar-refractivity contribution in [2.75, 3.05) is 5.73 Å². The molecule has 0 radical (unpaired) electrons. The summed E-state index contributed by atoms with van der Waals surface area (Å²) in [6.07, 6.45) is 5.35. The van der Waals surface area contributed by atoms with E-state index in [9.17, 15) is 0 Å². The highest BCUT2D eigenvalue weighted by Gasteiger charge is 2.28. The van der Waals surface area contributed by atoms with Crippen molar-refractivity contribution in [3.63, 3.8) is 0 Å². The van der Waals surface area contributed by atoms with Crippen LogP contribution in [0.4, 0.5) is 5.69 Å². The molecule has 0 saturated heterocycles. The molecule has 1 aromatic rings. The van der Waals surface area contributed by atoms with Crippen LogP contribution in [0.15, 0.2) is 24.3 Å². The summed E-state index contributed by atoms with van der Waals surface area (Å²) in [4.78, 5) is 0. The monoisotopic (exact) mass is 239 g/mol. The van der Waals surface area contributed by atoms with Crippen LogP contribution in [0.5, 0.6) is 0 Å². The van der Waals surface area contributed by atoms with Gasteiger partial charge in [-0.2, -0.15) is 0 Å². The van der Waals surface area contributed by atoms with Crippen LogP contribution in [0, 0.1) is 5.41 Å². The van der Waals surface area contributed by atoms with Crippen molar-refractivity contribution in [2.45, 2.75) is 45.4 Å². The van der Waals surface area contributed by atoms with E-state index in [2.05, 4.69) is 32.0 Å². The molecule has 0 heterocycles. The Morgan fingerprint density at radius 3 is 2.69 bits per heavy atom. The average molecular weight is 240 g/mol. The minimum absolute atomic E-state index is 0. The van der Waals surface area contributed by atoms with Gasteiger partial charge in [0.25, 0.3) is 0 Å². The fourth-order valence-electron chi connectivity index (χ4n) is 2.80. The molecule has 1 unspecified atom stereocenters. The Balaban J connectivity index is 0.00000128. The molecule has 2 N–H and O–H groups in total. The summed E-state index contributed by atoms with van der Waals surface area (Å²) in [5.74, 6) is 0.720.